The molecule has 6 atom stereocenters. The Kier molecular flexibility index (Phi) is 29.1. The first-order chi connectivity index (χ1) is 42.1. The molecule has 0 aliphatic rings. The van der Waals surface area contributed by atoms with Crippen LogP contribution >= 0.6 is 7.37 Å². The van der Waals surface area contributed by atoms with Crippen LogP contribution in [0.3, 0.4) is 0 Å². The minimum Gasteiger partial charge on any atom is -0.394 e. The van der Waals surface area contributed by atoms with Crippen LogP contribution in [0, 0.1) is 0 Å². The fraction of sp³-hybridized carbons (Fsp3) is 0.286. The molecule has 0 saturated heterocycles. The number of ether oxygens (including phenoxy) is 6. The maximum Gasteiger partial charge on any atom is 0.233 e. The predicted molar refractivity (Wildman–Crippen MR) is 331 cm³/mol. The second kappa shape index (κ2) is 37.9. The van der Waals surface area contributed by atoms with Gasteiger partial charge >= 0.3 is 0 Å². The lowest BCUT2D eigenvalue weighted by Gasteiger charge is -2.35. The van der Waals surface area contributed by atoms with Crippen LogP contribution in [0.5, 0.6) is 0 Å². The average Bonchev–Trinajstić information content (AvgIpc) is 3.71. The van der Waals surface area contributed by atoms with Crippen LogP contribution < -0.4 is 0 Å². The van der Waals surface area contributed by atoms with Crippen molar-refractivity contribution in [2.24, 2.45) is 0 Å². The van der Waals surface area contributed by atoms with E-state index in [0.29, 0.717) is 12.8 Å². The number of aliphatic hydroxyl groups excluding tert-OH is 1. The highest BCUT2D eigenvalue weighted by molar-refractivity contribution is 7.57. The first-order valence-electron chi connectivity index (χ1n) is 28.7. The molecular weight excluding hydrogens is 1110 g/mol. The zero-order valence-corrected chi connectivity index (χ0v) is 49.8. The van der Waals surface area contributed by atoms with Crippen molar-refractivity contribution in [3.05, 3.63) is 287 Å². The Hall–Kier alpha value is -7.47. The molecule has 2 amide bonds. The molecule has 15 nitrogen and oxygen atoms in total. The summed E-state index contributed by atoms with van der Waals surface area (Å²) in [5, 5.41) is 12.9. The summed E-state index contributed by atoms with van der Waals surface area (Å²) in [6.07, 6.45) is -3.04. The van der Waals surface area contributed by atoms with Crippen molar-refractivity contribution in [2.75, 3.05) is 39.6 Å². The van der Waals surface area contributed by atoms with Gasteiger partial charge in [0, 0.05) is 13.3 Å². The second-order valence-corrected chi connectivity index (χ2v) is 23.3. The minimum absolute atomic E-state index is 0.00622. The summed E-state index contributed by atoms with van der Waals surface area (Å²) >= 11 is 0. The predicted octanol–water partition coefficient (Wildman–Crippen LogP) is 12.2. The van der Waals surface area contributed by atoms with Crippen molar-refractivity contribution in [3.8, 4) is 0 Å². The van der Waals surface area contributed by atoms with Gasteiger partial charge in [-0.15, -0.1) is 0 Å². The van der Waals surface area contributed by atoms with Gasteiger partial charge in [0.05, 0.1) is 65.9 Å². The van der Waals surface area contributed by atoms with E-state index in [1.807, 2.05) is 243 Å². The maximum absolute atomic E-state index is 12.7. The molecule has 452 valence electrons. The van der Waals surface area contributed by atoms with E-state index >= 15 is 0 Å². The summed E-state index contributed by atoms with van der Waals surface area (Å²) in [6, 6.07) is 77.8. The largest absolute Gasteiger partial charge is 0.394 e. The fourth-order valence-corrected chi connectivity index (χ4v) is 9.37. The quantitative estimate of drug-likeness (QED) is 0.0221. The zero-order valence-electron chi connectivity index (χ0n) is 48.9. The van der Waals surface area contributed by atoms with Gasteiger partial charge in [0.15, 0.2) is 7.37 Å². The van der Waals surface area contributed by atoms with Crippen molar-refractivity contribution in [3.63, 3.8) is 0 Å². The third-order valence-corrected chi connectivity index (χ3v) is 14.2. The summed E-state index contributed by atoms with van der Waals surface area (Å²) < 4.78 is 57.1. The summed E-state index contributed by atoms with van der Waals surface area (Å²) in [7, 11) is -2.87. The van der Waals surface area contributed by atoms with Gasteiger partial charge in [-0.05, 0) is 44.5 Å². The van der Waals surface area contributed by atoms with Crippen molar-refractivity contribution in [2.45, 2.75) is 89.5 Å². The Bertz CT molecular complexity index is 3090. The summed E-state index contributed by atoms with van der Waals surface area (Å²) in [4.78, 5) is 36.2. The highest BCUT2D eigenvalue weighted by Crippen LogP contribution is 2.38. The standard InChI is InChI=1S/C36H42NO7P.C34H37NO6/c1-45(2,39)44-28-35(41-25-31-17-9-4-10-18-31)36(42-26-32-19-11-5-12-20-32)34(40-24-30-15-7-3-8-16-30)23-37(29-38)43-27-33-21-13-6-14-22-33;36-22-33(39-24-29-15-7-2-8-16-29)34(40-25-30-17-9-3-10-18-30)32(38-23-28-13-5-1-6-14-28)21-35(27-37)41-26-31-19-11-4-12-20-31/h3-22,29,34-36H,23-28H2,1-2H3;1-20,27,32-34,36H,21-26H2/t34-,35+,36-;32-,33+,34-/m00/s1. The Morgan fingerprint density at radius 1 is 0.349 bits per heavy atom. The molecule has 8 aromatic carbocycles. The highest BCUT2D eigenvalue weighted by atomic mass is 31.2. The van der Waals surface area contributed by atoms with Gasteiger partial charge in [-0.2, -0.15) is 0 Å². The van der Waals surface area contributed by atoms with Crippen molar-refractivity contribution >= 4 is 20.2 Å². The number of hydrogen-bond acceptors (Lipinski definition) is 13. The Morgan fingerprint density at radius 3 is 0.837 bits per heavy atom. The smallest absolute Gasteiger partial charge is 0.233 e. The molecule has 0 unspecified atom stereocenters. The van der Waals surface area contributed by atoms with Gasteiger partial charge in [0.2, 0.25) is 12.8 Å². The maximum atomic E-state index is 12.7. The zero-order chi connectivity index (χ0) is 60.3. The van der Waals surface area contributed by atoms with E-state index in [0.717, 1.165) is 44.5 Å². The number of benzene rings is 8. The molecule has 8 rings (SSSR count). The third kappa shape index (κ3) is 24.9. The third-order valence-electron chi connectivity index (χ3n) is 13.4. The van der Waals surface area contributed by atoms with E-state index in [1.54, 1.807) is 13.3 Å². The number of hydroxylamine groups is 4. The van der Waals surface area contributed by atoms with Crippen LogP contribution in [-0.4, -0.2) is 104 Å². The molecule has 0 fully saturated rings. The van der Waals surface area contributed by atoms with Crippen LogP contribution in [-0.2, 0) is 110 Å². The Labute approximate surface area is 506 Å². The minimum atomic E-state index is -2.87. The molecule has 0 spiro atoms. The van der Waals surface area contributed by atoms with Gasteiger partial charge in [0.1, 0.15) is 49.8 Å². The molecule has 0 bridgehead atoms. The van der Waals surface area contributed by atoms with Crippen LogP contribution in [0.4, 0.5) is 0 Å². The number of amides is 2. The van der Waals surface area contributed by atoms with Gasteiger partial charge in [0.25, 0.3) is 0 Å². The van der Waals surface area contributed by atoms with Crippen molar-refractivity contribution in [1.29, 1.82) is 0 Å². The molecule has 86 heavy (non-hydrogen) atoms. The molecule has 0 heterocycles. The van der Waals surface area contributed by atoms with Crippen molar-refractivity contribution in [1.82, 2.24) is 10.1 Å². The topological polar surface area (TPSA) is 161 Å². The van der Waals surface area contributed by atoms with Gasteiger partial charge in [-0.1, -0.05) is 243 Å². The average molecular weight is 1190 g/mol. The molecule has 0 aliphatic carbocycles. The number of aliphatic hydroxyl groups is 1. The number of nitrogens with zero attached hydrogens (tertiary/aromatic N) is 2. The number of rotatable bonds is 38. The summed E-state index contributed by atoms with van der Waals surface area (Å²) in [6.45, 7) is 4.96. The van der Waals surface area contributed by atoms with E-state index < -0.39 is 44.0 Å². The first-order valence-corrected chi connectivity index (χ1v) is 31.2. The van der Waals surface area contributed by atoms with E-state index in [1.165, 1.54) is 10.1 Å². The molecule has 0 saturated carbocycles. The Balaban J connectivity index is 0.000000247. The highest BCUT2D eigenvalue weighted by Gasteiger charge is 2.37. The molecular formula is C70H79N2O13P. The lowest BCUT2D eigenvalue weighted by molar-refractivity contribution is -0.211. The van der Waals surface area contributed by atoms with Gasteiger partial charge < -0.3 is 38.1 Å². The lowest BCUT2D eigenvalue weighted by atomic mass is 10.1. The SMILES string of the molecule is CP(C)(=O)OC[C@@H](OCc1ccccc1)[C@@H](OCc1ccccc1)[C@H](CN(C=O)OCc1ccccc1)OCc1ccccc1.O=CN(C[C@H](OCc1ccccc1)[C@H](OCc1ccccc1)[C@@H](CO)OCc1ccccc1)OCc1ccccc1. The van der Waals surface area contributed by atoms with E-state index in [4.69, 9.17) is 42.6 Å². The molecule has 16 heteroatoms. The van der Waals surface area contributed by atoms with Gasteiger partial charge in [-0.25, -0.2) is 10.1 Å². The molecule has 0 aromatic heterocycles. The molecule has 0 radical (unpaired) electrons. The van der Waals surface area contributed by atoms with Gasteiger partial charge in [-0.3, -0.25) is 23.8 Å². The Morgan fingerprint density at radius 2 is 0.581 bits per heavy atom. The monoisotopic (exact) mass is 1190 g/mol. The fourth-order valence-electron chi connectivity index (χ4n) is 8.87. The van der Waals surface area contributed by atoms with Crippen LogP contribution in [0.25, 0.3) is 0 Å². The number of hydrogen-bond donors (Lipinski definition) is 1. The van der Waals surface area contributed by atoms with Crippen LogP contribution in [0.1, 0.15) is 44.5 Å². The molecule has 0 aliphatic heterocycles. The summed E-state index contributed by atoms with van der Waals surface area (Å²) in [5.74, 6) is 0. The molecule has 1 N–H and O–H groups in total. The van der Waals surface area contributed by atoms with E-state index in [-0.39, 0.29) is 79.2 Å². The van der Waals surface area contributed by atoms with Crippen molar-refractivity contribution < 1.29 is 61.9 Å². The second-order valence-electron chi connectivity index (χ2n) is 20.5. The van der Waals surface area contributed by atoms with Crippen LogP contribution in [0.2, 0.25) is 0 Å². The normalized spacial score (nSPS) is 13.4. The van der Waals surface area contributed by atoms with E-state index in [9.17, 15) is 19.3 Å². The number of carbonyl (C=O) groups excluding carboxylic acids is 2. The van der Waals surface area contributed by atoms with Crippen LogP contribution in [0.15, 0.2) is 243 Å². The molecule has 8 aromatic rings. The van der Waals surface area contributed by atoms with E-state index in [2.05, 4.69) is 0 Å². The summed E-state index contributed by atoms with van der Waals surface area (Å²) in [5.41, 5.74) is 7.62. The number of carbonyl (C=O) groups is 2. The first kappa shape index (κ1) is 66.1. The lowest BCUT2D eigenvalue weighted by Crippen LogP contribution is -2.49.